The molecule has 2 aliphatic heterocycles. The molecule has 3 aliphatic rings. The van der Waals surface area contributed by atoms with Crippen LogP contribution in [0.25, 0.3) is 0 Å². The molecule has 2 amide bonds. The van der Waals surface area contributed by atoms with Crippen LogP contribution in [0.15, 0.2) is 30.3 Å². The lowest BCUT2D eigenvalue weighted by molar-refractivity contribution is -0.136. The molecule has 2 heterocycles. The molecule has 0 bridgehead atoms. The van der Waals surface area contributed by atoms with Gasteiger partial charge in [-0.15, -0.1) is 0 Å². The van der Waals surface area contributed by atoms with E-state index in [-0.39, 0.29) is 12.5 Å². The largest absolute Gasteiger partial charge is 0.484 e. The van der Waals surface area contributed by atoms with Gasteiger partial charge < -0.3 is 14.5 Å². The van der Waals surface area contributed by atoms with Gasteiger partial charge in [-0.3, -0.25) is 9.59 Å². The Bertz CT molecular complexity index is 629. The molecule has 0 unspecified atom stereocenters. The molecule has 3 fully saturated rings. The number of likely N-dealkylation sites (tertiary alicyclic amines) is 2. The third-order valence-electron chi connectivity index (χ3n) is 5.84. The Hall–Kier alpha value is -2.04. The molecule has 1 aromatic carbocycles. The predicted molar refractivity (Wildman–Crippen MR) is 94.1 cm³/mol. The van der Waals surface area contributed by atoms with E-state index in [0.29, 0.717) is 30.2 Å². The number of hydrogen-bond acceptors (Lipinski definition) is 3. The number of amides is 2. The average Bonchev–Trinajstić information content (AvgIpc) is 3.47. The molecule has 0 radical (unpaired) electrons. The van der Waals surface area contributed by atoms with E-state index >= 15 is 0 Å². The maximum absolute atomic E-state index is 12.5. The Morgan fingerprint density at radius 3 is 2.56 bits per heavy atom. The molecule has 1 aliphatic carbocycles. The summed E-state index contributed by atoms with van der Waals surface area (Å²) in [5.41, 5.74) is 0. The fourth-order valence-electron chi connectivity index (χ4n) is 4.20. The van der Waals surface area contributed by atoms with Gasteiger partial charge >= 0.3 is 0 Å². The molecule has 2 saturated heterocycles. The van der Waals surface area contributed by atoms with Gasteiger partial charge in [-0.05, 0) is 49.7 Å². The van der Waals surface area contributed by atoms with Crippen LogP contribution >= 0.6 is 0 Å². The zero-order chi connectivity index (χ0) is 17.2. The Balaban J connectivity index is 1.32. The maximum atomic E-state index is 12.5. The van der Waals surface area contributed by atoms with Crippen molar-refractivity contribution in [3.63, 3.8) is 0 Å². The highest BCUT2D eigenvalue weighted by atomic mass is 16.5. The fourth-order valence-corrected chi connectivity index (χ4v) is 4.20. The van der Waals surface area contributed by atoms with Crippen molar-refractivity contribution in [3.05, 3.63) is 30.3 Å². The van der Waals surface area contributed by atoms with Crippen molar-refractivity contribution >= 4 is 11.8 Å². The number of carbonyl (C=O) groups is 2. The number of hydrogen-bond donors (Lipinski definition) is 0. The van der Waals surface area contributed by atoms with Gasteiger partial charge in [-0.2, -0.15) is 0 Å². The number of rotatable bonds is 4. The van der Waals surface area contributed by atoms with E-state index in [1.54, 1.807) is 0 Å². The van der Waals surface area contributed by atoms with E-state index in [2.05, 4.69) is 4.90 Å². The zero-order valence-electron chi connectivity index (χ0n) is 14.6. The third kappa shape index (κ3) is 3.80. The summed E-state index contributed by atoms with van der Waals surface area (Å²) in [4.78, 5) is 29.0. The summed E-state index contributed by atoms with van der Waals surface area (Å²) in [7, 11) is 0. The van der Waals surface area contributed by atoms with E-state index in [0.717, 1.165) is 38.2 Å². The highest BCUT2D eigenvalue weighted by molar-refractivity contribution is 5.79. The molecule has 1 aromatic rings. The SMILES string of the molecule is O=C(COc1ccccc1)N1CC[C@H]2CC(=O)N(C3CC3)CC[C@H]2C1. The first-order valence-corrected chi connectivity index (χ1v) is 9.46. The summed E-state index contributed by atoms with van der Waals surface area (Å²) in [6.07, 6.45) is 4.97. The first-order chi connectivity index (χ1) is 12.2. The minimum absolute atomic E-state index is 0.0527. The Morgan fingerprint density at radius 2 is 1.80 bits per heavy atom. The zero-order valence-corrected chi connectivity index (χ0v) is 14.6. The van der Waals surface area contributed by atoms with E-state index in [1.807, 2.05) is 35.2 Å². The van der Waals surface area contributed by atoms with Crippen molar-refractivity contribution < 1.29 is 14.3 Å². The van der Waals surface area contributed by atoms with Gasteiger partial charge in [-0.1, -0.05) is 18.2 Å². The molecule has 0 N–H and O–H groups in total. The van der Waals surface area contributed by atoms with Crippen molar-refractivity contribution in [2.45, 2.75) is 38.1 Å². The monoisotopic (exact) mass is 342 g/mol. The molecule has 0 spiro atoms. The number of benzene rings is 1. The second kappa shape index (κ2) is 7.06. The molecule has 5 heteroatoms. The lowest BCUT2D eigenvalue weighted by Gasteiger charge is -2.37. The highest BCUT2D eigenvalue weighted by Crippen LogP contribution is 2.36. The Labute approximate surface area is 148 Å². The van der Waals surface area contributed by atoms with Gasteiger partial charge in [0, 0.05) is 32.1 Å². The van der Waals surface area contributed by atoms with Crippen molar-refractivity contribution in [1.29, 1.82) is 0 Å². The van der Waals surface area contributed by atoms with E-state index < -0.39 is 0 Å². The summed E-state index contributed by atoms with van der Waals surface area (Å²) >= 11 is 0. The number of nitrogens with zero attached hydrogens (tertiary/aromatic N) is 2. The Kier molecular flexibility index (Phi) is 4.64. The average molecular weight is 342 g/mol. The normalized spacial score (nSPS) is 26.8. The standard InChI is InChI=1S/C20H26N2O3/c23-19-12-15-8-10-21(13-16(15)9-11-22(19)17-6-7-17)20(24)14-25-18-4-2-1-3-5-18/h1-5,15-17H,6-14H2/t15-,16-/m0/s1. The number of fused-ring (bicyclic) bond motifs is 1. The molecular formula is C20H26N2O3. The lowest BCUT2D eigenvalue weighted by Crippen LogP contribution is -2.45. The number of ether oxygens (including phenoxy) is 1. The smallest absolute Gasteiger partial charge is 0.260 e. The minimum Gasteiger partial charge on any atom is -0.484 e. The van der Waals surface area contributed by atoms with Crippen molar-refractivity contribution in [3.8, 4) is 5.75 Å². The third-order valence-corrected chi connectivity index (χ3v) is 5.84. The molecule has 1 saturated carbocycles. The first kappa shape index (κ1) is 16.4. The molecule has 2 atom stereocenters. The van der Waals surface area contributed by atoms with Crippen molar-refractivity contribution in [1.82, 2.24) is 9.80 Å². The van der Waals surface area contributed by atoms with Crippen LogP contribution in [-0.4, -0.2) is 53.9 Å². The fraction of sp³-hybridized carbons (Fsp3) is 0.600. The van der Waals surface area contributed by atoms with Gasteiger partial charge in [0.25, 0.3) is 5.91 Å². The first-order valence-electron chi connectivity index (χ1n) is 9.46. The van der Waals surface area contributed by atoms with Crippen LogP contribution in [0.2, 0.25) is 0 Å². The quantitative estimate of drug-likeness (QED) is 0.844. The second-order valence-electron chi connectivity index (χ2n) is 7.56. The summed E-state index contributed by atoms with van der Waals surface area (Å²) < 4.78 is 5.60. The van der Waals surface area contributed by atoms with Crippen molar-refractivity contribution in [2.24, 2.45) is 11.8 Å². The summed E-state index contributed by atoms with van der Waals surface area (Å²) in [6.45, 7) is 2.48. The predicted octanol–water partition coefficient (Wildman–Crippen LogP) is 2.31. The summed E-state index contributed by atoms with van der Waals surface area (Å²) in [5, 5.41) is 0. The Morgan fingerprint density at radius 1 is 1.04 bits per heavy atom. The molecular weight excluding hydrogens is 316 g/mol. The molecule has 4 rings (SSSR count). The highest BCUT2D eigenvalue weighted by Gasteiger charge is 2.40. The molecule has 5 nitrogen and oxygen atoms in total. The topological polar surface area (TPSA) is 49.9 Å². The van der Waals surface area contributed by atoms with Gasteiger partial charge in [0.05, 0.1) is 0 Å². The van der Waals surface area contributed by atoms with Crippen LogP contribution in [0.4, 0.5) is 0 Å². The summed E-state index contributed by atoms with van der Waals surface area (Å²) in [6, 6.07) is 9.97. The number of para-hydroxylation sites is 1. The van der Waals surface area contributed by atoms with Gasteiger partial charge in [0.15, 0.2) is 6.61 Å². The molecule has 25 heavy (non-hydrogen) atoms. The van der Waals surface area contributed by atoms with Crippen LogP contribution in [0.1, 0.15) is 32.1 Å². The lowest BCUT2D eigenvalue weighted by atomic mass is 9.82. The van der Waals surface area contributed by atoms with E-state index in [1.165, 1.54) is 12.8 Å². The van der Waals surface area contributed by atoms with E-state index in [9.17, 15) is 9.59 Å². The number of piperidine rings is 1. The van der Waals surface area contributed by atoms with Crippen LogP contribution < -0.4 is 4.74 Å². The second-order valence-corrected chi connectivity index (χ2v) is 7.56. The van der Waals surface area contributed by atoms with Gasteiger partial charge in [-0.25, -0.2) is 0 Å². The van der Waals surface area contributed by atoms with Gasteiger partial charge in [0.2, 0.25) is 5.91 Å². The van der Waals surface area contributed by atoms with Crippen LogP contribution in [0.5, 0.6) is 5.75 Å². The van der Waals surface area contributed by atoms with Crippen LogP contribution in [-0.2, 0) is 9.59 Å². The van der Waals surface area contributed by atoms with Crippen LogP contribution in [0.3, 0.4) is 0 Å². The molecule has 134 valence electrons. The summed E-state index contributed by atoms with van der Waals surface area (Å²) in [5.74, 6) is 2.00. The van der Waals surface area contributed by atoms with Crippen molar-refractivity contribution in [2.75, 3.05) is 26.2 Å². The van der Waals surface area contributed by atoms with Crippen LogP contribution in [0, 0.1) is 11.8 Å². The molecule has 0 aromatic heterocycles. The number of carbonyl (C=O) groups excluding carboxylic acids is 2. The minimum atomic E-state index is 0.0527. The maximum Gasteiger partial charge on any atom is 0.260 e. The van der Waals surface area contributed by atoms with E-state index in [4.69, 9.17) is 4.74 Å². The van der Waals surface area contributed by atoms with Gasteiger partial charge in [0.1, 0.15) is 5.75 Å².